The van der Waals surface area contributed by atoms with Gasteiger partial charge in [-0.2, -0.15) is 18.4 Å². The Bertz CT molecular complexity index is 456. The summed E-state index contributed by atoms with van der Waals surface area (Å²) in [7, 11) is 0. The summed E-state index contributed by atoms with van der Waals surface area (Å²) in [6.45, 7) is 1.54. The number of nitriles is 1. The SMILES string of the molecule is N#CC(c1cccc(C(F)(F)F)c1)N1CCCC1. The van der Waals surface area contributed by atoms with Crippen molar-refractivity contribution in [1.29, 1.82) is 5.26 Å². The molecule has 1 aromatic carbocycles. The van der Waals surface area contributed by atoms with Crippen molar-refractivity contribution in [2.75, 3.05) is 13.1 Å². The lowest BCUT2D eigenvalue weighted by Gasteiger charge is -2.22. The van der Waals surface area contributed by atoms with E-state index in [4.69, 9.17) is 5.26 Å². The van der Waals surface area contributed by atoms with E-state index in [1.54, 1.807) is 6.07 Å². The van der Waals surface area contributed by atoms with Gasteiger partial charge >= 0.3 is 6.18 Å². The Labute approximate surface area is 104 Å². The monoisotopic (exact) mass is 254 g/mol. The summed E-state index contributed by atoms with van der Waals surface area (Å²) < 4.78 is 37.8. The molecule has 1 unspecified atom stereocenters. The second kappa shape index (κ2) is 4.99. The molecular weight excluding hydrogens is 241 g/mol. The Balaban J connectivity index is 2.29. The van der Waals surface area contributed by atoms with Gasteiger partial charge in [0.1, 0.15) is 6.04 Å². The molecule has 1 atom stereocenters. The third-order valence-corrected chi connectivity index (χ3v) is 3.16. The molecule has 0 aliphatic carbocycles. The van der Waals surface area contributed by atoms with Crippen molar-refractivity contribution in [3.63, 3.8) is 0 Å². The van der Waals surface area contributed by atoms with Gasteiger partial charge in [0.25, 0.3) is 0 Å². The molecule has 5 heteroatoms. The molecule has 0 radical (unpaired) electrons. The summed E-state index contributed by atoms with van der Waals surface area (Å²) in [5, 5.41) is 9.16. The van der Waals surface area contributed by atoms with Crippen LogP contribution in [0, 0.1) is 11.3 Å². The number of hydrogen-bond donors (Lipinski definition) is 0. The molecule has 1 aliphatic rings. The molecule has 1 aromatic rings. The highest BCUT2D eigenvalue weighted by atomic mass is 19.4. The lowest BCUT2D eigenvalue weighted by molar-refractivity contribution is -0.137. The minimum Gasteiger partial charge on any atom is -0.284 e. The molecule has 1 aliphatic heterocycles. The van der Waals surface area contributed by atoms with Crippen LogP contribution >= 0.6 is 0 Å². The highest BCUT2D eigenvalue weighted by molar-refractivity contribution is 5.31. The maximum absolute atomic E-state index is 12.6. The van der Waals surface area contributed by atoms with Gasteiger partial charge in [-0.3, -0.25) is 4.90 Å². The number of likely N-dealkylation sites (tertiary alicyclic amines) is 1. The number of alkyl halides is 3. The van der Waals surface area contributed by atoms with E-state index in [2.05, 4.69) is 6.07 Å². The molecule has 0 bridgehead atoms. The Morgan fingerprint density at radius 1 is 1.22 bits per heavy atom. The van der Waals surface area contributed by atoms with Crippen LogP contribution in [0.2, 0.25) is 0 Å². The number of rotatable bonds is 2. The van der Waals surface area contributed by atoms with Gasteiger partial charge in [-0.1, -0.05) is 12.1 Å². The first-order valence-corrected chi connectivity index (χ1v) is 5.83. The Morgan fingerprint density at radius 2 is 1.89 bits per heavy atom. The molecule has 1 fully saturated rings. The molecule has 0 aromatic heterocycles. The second-order valence-electron chi connectivity index (χ2n) is 4.40. The first-order chi connectivity index (χ1) is 8.52. The topological polar surface area (TPSA) is 27.0 Å². The molecule has 0 spiro atoms. The van der Waals surface area contributed by atoms with Crippen LogP contribution in [0.4, 0.5) is 13.2 Å². The van der Waals surface area contributed by atoms with Crippen molar-refractivity contribution in [3.8, 4) is 6.07 Å². The molecule has 0 N–H and O–H groups in total. The molecule has 1 heterocycles. The number of halogens is 3. The molecule has 0 saturated carbocycles. The van der Waals surface area contributed by atoms with Crippen LogP contribution < -0.4 is 0 Å². The van der Waals surface area contributed by atoms with E-state index in [1.807, 2.05) is 4.90 Å². The van der Waals surface area contributed by atoms with E-state index in [-0.39, 0.29) is 0 Å². The van der Waals surface area contributed by atoms with Gasteiger partial charge in [-0.05, 0) is 43.6 Å². The Morgan fingerprint density at radius 3 is 2.44 bits per heavy atom. The highest BCUT2D eigenvalue weighted by Crippen LogP contribution is 2.32. The number of benzene rings is 1. The number of nitrogens with zero attached hydrogens (tertiary/aromatic N) is 2. The zero-order chi connectivity index (χ0) is 13.2. The fraction of sp³-hybridized carbons (Fsp3) is 0.462. The van der Waals surface area contributed by atoms with E-state index < -0.39 is 17.8 Å². The molecule has 0 amide bonds. The van der Waals surface area contributed by atoms with Crippen LogP contribution in [0.15, 0.2) is 24.3 Å². The van der Waals surface area contributed by atoms with E-state index in [0.29, 0.717) is 5.56 Å². The standard InChI is InChI=1S/C13H13F3N2/c14-13(15,16)11-5-3-4-10(8-11)12(9-17)18-6-1-2-7-18/h3-5,8,12H,1-2,6-7H2. The second-order valence-corrected chi connectivity index (χ2v) is 4.40. The van der Waals surface area contributed by atoms with Gasteiger partial charge in [0.2, 0.25) is 0 Å². The largest absolute Gasteiger partial charge is 0.416 e. The third kappa shape index (κ3) is 2.65. The van der Waals surface area contributed by atoms with E-state index >= 15 is 0 Å². The van der Waals surface area contributed by atoms with Crippen LogP contribution in [0.1, 0.15) is 30.0 Å². The minimum absolute atomic E-state index is 0.425. The van der Waals surface area contributed by atoms with Gasteiger partial charge in [0, 0.05) is 0 Å². The molecule has 1 saturated heterocycles. The summed E-state index contributed by atoms with van der Waals surface area (Å²) in [5.41, 5.74) is -0.270. The highest BCUT2D eigenvalue weighted by Gasteiger charge is 2.32. The maximum atomic E-state index is 12.6. The molecule has 96 valence electrons. The summed E-state index contributed by atoms with van der Waals surface area (Å²) in [5.74, 6) is 0. The third-order valence-electron chi connectivity index (χ3n) is 3.16. The van der Waals surface area contributed by atoms with Gasteiger partial charge in [0.15, 0.2) is 0 Å². The van der Waals surface area contributed by atoms with Gasteiger partial charge in [-0.25, -0.2) is 0 Å². The first kappa shape index (κ1) is 12.9. The van der Waals surface area contributed by atoms with Crippen LogP contribution in [0.3, 0.4) is 0 Å². The minimum atomic E-state index is -4.36. The van der Waals surface area contributed by atoms with Crippen LogP contribution in [0.5, 0.6) is 0 Å². The van der Waals surface area contributed by atoms with Crippen molar-refractivity contribution in [2.24, 2.45) is 0 Å². The summed E-state index contributed by atoms with van der Waals surface area (Å²) in [4.78, 5) is 1.93. The van der Waals surface area contributed by atoms with Crippen LogP contribution in [0.25, 0.3) is 0 Å². The van der Waals surface area contributed by atoms with E-state index in [1.165, 1.54) is 6.07 Å². The summed E-state index contributed by atoms with van der Waals surface area (Å²) >= 11 is 0. The molecule has 2 rings (SSSR count). The normalized spacial score (nSPS) is 18.6. The molecule has 2 nitrogen and oxygen atoms in total. The van der Waals surface area contributed by atoms with Crippen molar-refractivity contribution in [1.82, 2.24) is 4.90 Å². The zero-order valence-corrected chi connectivity index (χ0v) is 9.74. The van der Waals surface area contributed by atoms with Gasteiger partial charge < -0.3 is 0 Å². The number of hydrogen-bond acceptors (Lipinski definition) is 2. The molecular formula is C13H13F3N2. The predicted molar refractivity (Wildman–Crippen MR) is 60.6 cm³/mol. The van der Waals surface area contributed by atoms with E-state index in [0.717, 1.165) is 38.1 Å². The lowest BCUT2D eigenvalue weighted by Crippen LogP contribution is -2.24. The van der Waals surface area contributed by atoms with Gasteiger partial charge in [-0.15, -0.1) is 0 Å². The van der Waals surface area contributed by atoms with E-state index in [9.17, 15) is 13.2 Å². The van der Waals surface area contributed by atoms with Crippen molar-refractivity contribution >= 4 is 0 Å². The fourth-order valence-electron chi connectivity index (χ4n) is 2.25. The Hall–Kier alpha value is -1.54. The summed E-state index contributed by atoms with van der Waals surface area (Å²) in [6, 6.07) is 6.57. The maximum Gasteiger partial charge on any atom is 0.416 e. The Kier molecular flexibility index (Phi) is 3.58. The van der Waals surface area contributed by atoms with Crippen molar-refractivity contribution in [3.05, 3.63) is 35.4 Å². The van der Waals surface area contributed by atoms with Gasteiger partial charge in [0.05, 0.1) is 11.6 Å². The predicted octanol–water partition coefficient (Wildman–Crippen LogP) is 3.37. The van der Waals surface area contributed by atoms with Crippen LogP contribution in [-0.2, 0) is 6.18 Å². The lowest BCUT2D eigenvalue weighted by atomic mass is 10.0. The van der Waals surface area contributed by atoms with Crippen molar-refractivity contribution < 1.29 is 13.2 Å². The first-order valence-electron chi connectivity index (χ1n) is 5.83. The smallest absolute Gasteiger partial charge is 0.284 e. The van der Waals surface area contributed by atoms with Crippen LogP contribution in [-0.4, -0.2) is 18.0 Å². The average Bonchev–Trinajstić information content (AvgIpc) is 2.83. The average molecular weight is 254 g/mol. The quantitative estimate of drug-likeness (QED) is 0.809. The van der Waals surface area contributed by atoms with Crippen molar-refractivity contribution in [2.45, 2.75) is 25.1 Å². The fourth-order valence-corrected chi connectivity index (χ4v) is 2.25. The summed E-state index contributed by atoms with van der Waals surface area (Å²) in [6.07, 6.45) is -2.37. The molecule has 18 heavy (non-hydrogen) atoms. The zero-order valence-electron chi connectivity index (χ0n) is 9.74.